The van der Waals surface area contributed by atoms with E-state index in [-0.39, 0.29) is 17.7 Å². The van der Waals surface area contributed by atoms with Crippen LogP contribution in [0.15, 0.2) is 18.2 Å². The van der Waals surface area contributed by atoms with Crippen molar-refractivity contribution in [3.63, 3.8) is 0 Å². The maximum absolute atomic E-state index is 12.6. The van der Waals surface area contributed by atoms with E-state index in [1.165, 1.54) is 13.2 Å². The van der Waals surface area contributed by atoms with Crippen molar-refractivity contribution >= 4 is 5.91 Å². The third-order valence-corrected chi connectivity index (χ3v) is 3.65. The minimum atomic E-state index is -0.102. The fourth-order valence-electron chi connectivity index (χ4n) is 2.69. The fraction of sp³-hybridized carbons (Fsp3) is 0.533. The van der Waals surface area contributed by atoms with Crippen LogP contribution in [-0.4, -0.2) is 61.2 Å². The van der Waals surface area contributed by atoms with Crippen molar-refractivity contribution in [2.24, 2.45) is 0 Å². The number of hydrogen-bond donors (Lipinski definition) is 1. The first-order valence-electron chi connectivity index (χ1n) is 6.85. The first-order valence-corrected chi connectivity index (χ1v) is 6.85. The van der Waals surface area contributed by atoms with Gasteiger partial charge in [0.25, 0.3) is 5.91 Å². The lowest BCUT2D eigenvalue weighted by atomic mass is 10.1. The molecule has 2 rings (SSSR count). The molecule has 0 spiro atoms. The highest BCUT2D eigenvalue weighted by molar-refractivity contribution is 5.97. The molecular weight excluding hydrogens is 256 g/mol. The van der Waals surface area contributed by atoms with Crippen LogP contribution in [0, 0.1) is 0 Å². The number of ether oxygens (including phenoxy) is 1. The predicted molar refractivity (Wildman–Crippen MR) is 77.3 cm³/mol. The van der Waals surface area contributed by atoms with Gasteiger partial charge in [-0.15, -0.1) is 0 Å². The molecule has 1 atom stereocenters. The molecule has 1 aliphatic heterocycles. The summed E-state index contributed by atoms with van der Waals surface area (Å²) in [5.74, 6) is 0.421. The van der Waals surface area contributed by atoms with Gasteiger partial charge >= 0.3 is 0 Å². The molecule has 20 heavy (non-hydrogen) atoms. The van der Waals surface area contributed by atoms with Crippen LogP contribution in [0.1, 0.15) is 23.2 Å². The Morgan fingerprint density at radius 3 is 2.85 bits per heavy atom. The Bertz CT molecular complexity index is 488. The van der Waals surface area contributed by atoms with Crippen molar-refractivity contribution in [2.45, 2.75) is 18.9 Å². The molecule has 5 heteroatoms. The number of carbonyl (C=O) groups is 1. The van der Waals surface area contributed by atoms with Crippen LogP contribution in [0.4, 0.5) is 0 Å². The molecule has 0 aromatic heterocycles. The highest BCUT2D eigenvalue weighted by Crippen LogP contribution is 2.27. The molecule has 1 aromatic carbocycles. The van der Waals surface area contributed by atoms with E-state index in [4.69, 9.17) is 4.74 Å². The number of phenolic OH excluding ortho intramolecular Hbond substituents is 1. The predicted octanol–water partition coefficient (Wildman–Crippen LogP) is 1.57. The van der Waals surface area contributed by atoms with Gasteiger partial charge in [-0.25, -0.2) is 0 Å². The van der Waals surface area contributed by atoms with Gasteiger partial charge in [-0.05, 0) is 39.1 Å². The molecule has 5 nitrogen and oxygen atoms in total. The summed E-state index contributed by atoms with van der Waals surface area (Å²) in [6, 6.07) is 5.02. The lowest BCUT2D eigenvalue weighted by molar-refractivity contribution is 0.0713. The summed E-state index contributed by atoms with van der Waals surface area (Å²) in [7, 11) is 5.54. The summed E-state index contributed by atoms with van der Waals surface area (Å²) in [5.41, 5.74) is 0.344. The Hall–Kier alpha value is -1.75. The second-order valence-electron chi connectivity index (χ2n) is 5.44. The number of amides is 1. The molecule has 0 bridgehead atoms. The van der Waals surface area contributed by atoms with Crippen LogP contribution < -0.4 is 4.74 Å². The van der Waals surface area contributed by atoms with E-state index in [2.05, 4.69) is 4.90 Å². The average molecular weight is 278 g/mol. The second kappa shape index (κ2) is 6.13. The standard InChI is InChI=1S/C15H22N2O3/c1-16(2)10-11-5-4-8-17(11)15(19)13-7-6-12(20-3)9-14(13)18/h6-7,9,11,18H,4-5,8,10H2,1-3H3. The number of methoxy groups -OCH3 is 1. The highest BCUT2D eigenvalue weighted by Gasteiger charge is 2.30. The van der Waals surface area contributed by atoms with Crippen molar-refractivity contribution < 1.29 is 14.6 Å². The van der Waals surface area contributed by atoms with Gasteiger partial charge in [0.1, 0.15) is 11.5 Å². The van der Waals surface area contributed by atoms with E-state index >= 15 is 0 Å². The normalized spacial score (nSPS) is 18.6. The van der Waals surface area contributed by atoms with Crippen LogP contribution in [0.5, 0.6) is 11.5 Å². The van der Waals surface area contributed by atoms with Gasteiger partial charge in [-0.2, -0.15) is 0 Å². The molecule has 1 unspecified atom stereocenters. The van der Waals surface area contributed by atoms with Gasteiger partial charge in [-0.3, -0.25) is 4.79 Å². The van der Waals surface area contributed by atoms with Crippen molar-refractivity contribution in [3.05, 3.63) is 23.8 Å². The van der Waals surface area contributed by atoms with Crippen LogP contribution in [0.2, 0.25) is 0 Å². The second-order valence-corrected chi connectivity index (χ2v) is 5.44. The van der Waals surface area contributed by atoms with Crippen LogP contribution in [-0.2, 0) is 0 Å². The fourth-order valence-corrected chi connectivity index (χ4v) is 2.69. The third kappa shape index (κ3) is 3.04. The minimum absolute atomic E-state index is 0.0233. The minimum Gasteiger partial charge on any atom is -0.507 e. The van der Waals surface area contributed by atoms with Crippen molar-refractivity contribution in [2.75, 3.05) is 34.3 Å². The Balaban J connectivity index is 2.18. The highest BCUT2D eigenvalue weighted by atomic mass is 16.5. The largest absolute Gasteiger partial charge is 0.507 e. The van der Waals surface area contributed by atoms with Gasteiger partial charge in [0.05, 0.1) is 12.7 Å². The first-order chi connectivity index (χ1) is 9.52. The lowest BCUT2D eigenvalue weighted by Crippen LogP contribution is -2.41. The van der Waals surface area contributed by atoms with Crippen molar-refractivity contribution in [1.29, 1.82) is 0 Å². The Morgan fingerprint density at radius 2 is 2.25 bits per heavy atom. The molecule has 110 valence electrons. The van der Waals surface area contributed by atoms with Crippen LogP contribution in [0.3, 0.4) is 0 Å². The number of hydrogen-bond acceptors (Lipinski definition) is 4. The number of rotatable bonds is 4. The Labute approximate surface area is 119 Å². The third-order valence-electron chi connectivity index (χ3n) is 3.65. The number of likely N-dealkylation sites (tertiary alicyclic amines) is 1. The molecule has 1 fully saturated rings. The molecule has 1 aliphatic rings. The number of aromatic hydroxyl groups is 1. The lowest BCUT2D eigenvalue weighted by Gasteiger charge is -2.27. The van der Waals surface area contributed by atoms with Gasteiger partial charge in [0.15, 0.2) is 0 Å². The van der Waals surface area contributed by atoms with Gasteiger partial charge in [0.2, 0.25) is 0 Å². The van der Waals surface area contributed by atoms with E-state index in [0.717, 1.165) is 25.9 Å². The first kappa shape index (κ1) is 14.7. The summed E-state index contributed by atoms with van der Waals surface area (Å²) in [4.78, 5) is 16.5. The molecule has 1 N–H and O–H groups in total. The summed E-state index contributed by atoms with van der Waals surface area (Å²) in [6.07, 6.45) is 2.03. The summed E-state index contributed by atoms with van der Waals surface area (Å²) in [6.45, 7) is 1.60. The monoisotopic (exact) mass is 278 g/mol. The number of phenols is 1. The van der Waals surface area contributed by atoms with E-state index in [0.29, 0.717) is 11.3 Å². The van der Waals surface area contributed by atoms with Gasteiger partial charge in [-0.1, -0.05) is 0 Å². The van der Waals surface area contributed by atoms with Crippen LogP contribution in [0.25, 0.3) is 0 Å². The molecule has 1 aromatic rings. The smallest absolute Gasteiger partial charge is 0.257 e. The van der Waals surface area contributed by atoms with E-state index in [9.17, 15) is 9.90 Å². The van der Waals surface area contributed by atoms with E-state index in [1.54, 1.807) is 12.1 Å². The molecule has 1 saturated heterocycles. The van der Waals surface area contributed by atoms with E-state index in [1.807, 2.05) is 19.0 Å². The zero-order valence-electron chi connectivity index (χ0n) is 12.3. The Morgan fingerprint density at radius 1 is 1.50 bits per heavy atom. The van der Waals surface area contributed by atoms with Gasteiger partial charge < -0.3 is 19.6 Å². The molecule has 0 aliphatic carbocycles. The zero-order chi connectivity index (χ0) is 14.7. The Kier molecular flexibility index (Phi) is 4.49. The summed E-state index contributed by atoms with van der Waals surface area (Å²) < 4.78 is 5.04. The number of benzene rings is 1. The quantitative estimate of drug-likeness (QED) is 0.908. The SMILES string of the molecule is COc1ccc(C(=O)N2CCCC2CN(C)C)c(O)c1. The van der Waals surface area contributed by atoms with Crippen molar-refractivity contribution in [3.8, 4) is 11.5 Å². The molecule has 1 amide bonds. The topological polar surface area (TPSA) is 53.0 Å². The number of likely N-dealkylation sites (N-methyl/N-ethyl adjacent to an activating group) is 1. The summed E-state index contributed by atoms with van der Waals surface area (Å²) in [5, 5.41) is 9.98. The number of nitrogens with zero attached hydrogens (tertiary/aromatic N) is 2. The molecule has 0 saturated carbocycles. The maximum Gasteiger partial charge on any atom is 0.257 e. The van der Waals surface area contributed by atoms with Crippen LogP contribution >= 0.6 is 0 Å². The van der Waals surface area contributed by atoms with Gasteiger partial charge in [0, 0.05) is 25.2 Å². The van der Waals surface area contributed by atoms with Crippen molar-refractivity contribution in [1.82, 2.24) is 9.80 Å². The molecule has 1 heterocycles. The van der Waals surface area contributed by atoms with E-state index < -0.39 is 0 Å². The average Bonchev–Trinajstić information content (AvgIpc) is 2.85. The number of carbonyl (C=O) groups excluding carboxylic acids is 1. The maximum atomic E-state index is 12.6. The molecular formula is C15H22N2O3. The zero-order valence-corrected chi connectivity index (χ0v) is 12.3. The molecule has 0 radical (unpaired) electrons. The summed E-state index contributed by atoms with van der Waals surface area (Å²) >= 11 is 0.